The summed E-state index contributed by atoms with van der Waals surface area (Å²) in [6, 6.07) is 3.52. The van der Waals surface area contributed by atoms with Gasteiger partial charge < -0.3 is 0 Å². The van der Waals surface area contributed by atoms with Gasteiger partial charge in [0, 0.05) is 12.3 Å². The number of carbonyl (C=O) groups excluding carboxylic acids is 1. The highest BCUT2D eigenvalue weighted by Crippen LogP contribution is 2.44. The number of aromatic nitrogens is 4. The van der Waals surface area contributed by atoms with Crippen molar-refractivity contribution in [3.63, 3.8) is 0 Å². The van der Waals surface area contributed by atoms with Crippen LogP contribution in [-0.2, 0) is 6.42 Å². The zero-order valence-corrected chi connectivity index (χ0v) is 14.0. The van der Waals surface area contributed by atoms with Gasteiger partial charge >= 0.3 is 0 Å². The van der Waals surface area contributed by atoms with Crippen molar-refractivity contribution in [3.8, 4) is 5.82 Å². The second-order valence-corrected chi connectivity index (χ2v) is 7.33. The fourth-order valence-corrected chi connectivity index (χ4v) is 3.45. The number of halogens is 1. The molecule has 0 radical (unpaired) electrons. The second kappa shape index (κ2) is 5.41. The normalized spacial score (nSPS) is 20.9. The van der Waals surface area contributed by atoms with Crippen molar-refractivity contribution in [1.29, 1.82) is 0 Å². The monoisotopic (exact) mass is 330 g/mol. The molecule has 120 valence electrons. The molecule has 2 aromatic heterocycles. The van der Waals surface area contributed by atoms with Crippen molar-refractivity contribution in [2.75, 3.05) is 0 Å². The van der Waals surface area contributed by atoms with E-state index in [1.54, 1.807) is 6.07 Å². The van der Waals surface area contributed by atoms with E-state index in [1.165, 1.54) is 0 Å². The number of Topliss-reactive ketones (excluding diaryl/α,β-unsaturated/α-hetero) is 1. The molecule has 2 heterocycles. The first-order chi connectivity index (χ1) is 11.0. The third-order valence-electron chi connectivity index (χ3n) is 4.93. The van der Waals surface area contributed by atoms with Crippen LogP contribution >= 0.6 is 11.6 Å². The molecule has 2 aliphatic rings. The van der Waals surface area contributed by atoms with E-state index in [9.17, 15) is 4.79 Å². The molecule has 1 atom stereocenters. The van der Waals surface area contributed by atoms with Crippen molar-refractivity contribution < 1.29 is 4.79 Å². The molecule has 1 saturated carbocycles. The molecule has 0 bridgehead atoms. The first kappa shape index (κ1) is 14.8. The van der Waals surface area contributed by atoms with Crippen molar-refractivity contribution in [2.24, 2.45) is 11.8 Å². The number of ketones is 1. The summed E-state index contributed by atoms with van der Waals surface area (Å²) >= 11 is 5.84. The van der Waals surface area contributed by atoms with Crippen LogP contribution in [-0.4, -0.2) is 25.8 Å². The summed E-state index contributed by atoms with van der Waals surface area (Å²) in [5.74, 6) is 2.13. The molecule has 2 aliphatic carbocycles. The van der Waals surface area contributed by atoms with E-state index in [0.717, 1.165) is 36.2 Å². The standard InChI is InChI=1S/C17H19ClN4O/c1-9(2)11-7-12-16(13(23)8-11)17(10-3-4-10)21-22(12)15-6-5-14(18)19-20-15/h5-6,9-11H,3-4,7-8H2,1-2H3. The van der Waals surface area contributed by atoms with Crippen LogP contribution in [0.25, 0.3) is 5.82 Å². The molecule has 0 N–H and O–H groups in total. The molecule has 1 unspecified atom stereocenters. The molecule has 0 aliphatic heterocycles. The Bertz CT molecular complexity index is 762. The van der Waals surface area contributed by atoms with Crippen LogP contribution < -0.4 is 0 Å². The lowest BCUT2D eigenvalue weighted by Crippen LogP contribution is -2.25. The smallest absolute Gasteiger partial charge is 0.176 e. The number of carbonyl (C=O) groups is 1. The summed E-state index contributed by atoms with van der Waals surface area (Å²) in [6.07, 6.45) is 3.73. The molecule has 23 heavy (non-hydrogen) atoms. The fraction of sp³-hybridized carbons (Fsp3) is 0.529. The highest BCUT2D eigenvalue weighted by molar-refractivity contribution is 6.29. The van der Waals surface area contributed by atoms with Gasteiger partial charge in [0.25, 0.3) is 0 Å². The maximum atomic E-state index is 12.7. The maximum Gasteiger partial charge on any atom is 0.176 e. The van der Waals surface area contributed by atoms with Gasteiger partial charge in [0.05, 0.1) is 17.0 Å². The van der Waals surface area contributed by atoms with E-state index >= 15 is 0 Å². The molecule has 0 amide bonds. The number of hydrogen-bond acceptors (Lipinski definition) is 4. The third kappa shape index (κ3) is 2.57. The van der Waals surface area contributed by atoms with Crippen LogP contribution in [0.4, 0.5) is 0 Å². The minimum absolute atomic E-state index is 0.236. The summed E-state index contributed by atoms with van der Waals surface area (Å²) in [7, 11) is 0. The van der Waals surface area contributed by atoms with Gasteiger partial charge in [0.15, 0.2) is 16.8 Å². The van der Waals surface area contributed by atoms with Gasteiger partial charge in [0.1, 0.15) is 0 Å². The zero-order chi connectivity index (χ0) is 16.1. The Kier molecular flexibility index (Phi) is 3.48. The lowest BCUT2D eigenvalue weighted by atomic mass is 9.79. The molecular weight excluding hydrogens is 312 g/mol. The second-order valence-electron chi connectivity index (χ2n) is 6.94. The molecule has 2 aromatic rings. The maximum absolute atomic E-state index is 12.7. The van der Waals surface area contributed by atoms with E-state index in [0.29, 0.717) is 35.1 Å². The number of fused-ring (bicyclic) bond motifs is 1. The molecule has 0 aromatic carbocycles. The van der Waals surface area contributed by atoms with Gasteiger partial charge in [-0.2, -0.15) is 5.10 Å². The number of nitrogens with zero attached hydrogens (tertiary/aromatic N) is 4. The van der Waals surface area contributed by atoms with Crippen LogP contribution in [0.5, 0.6) is 0 Å². The van der Waals surface area contributed by atoms with Crippen molar-refractivity contribution >= 4 is 17.4 Å². The van der Waals surface area contributed by atoms with Gasteiger partial charge in [-0.1, -0.05) is 25.4 Å². The average molecular weight is 331 g/mol. The van der Waals surface area contributed by atoms with Crippen molar-refractivity contribution in [2.45, 2.75) is 45.4 Å². The summed E-state index contributed by atoms with van der Waals surface area (Å²) in [5, 5.41) is 13.2. The topological polar surface area (TPSA) is 60.7 Å². The minimum Gasteiger partial charge on any atom is -0.294 e. The van der Waals surface area contributed by atoms with E-state index in [4.69, 9.17) is 16.7 Å². The average Bonchev–Trinajstić information content (AvgIpc) is 3.29. The SMILES string of the molecule is CC(C)C1CC(=O)c2c(C3CC3)nn(-c3ccc(Cl)nn3)c2C1. The van der Waals surface area contributed by atoms with Crippen molar-refractivity contribution in [1.82, 2.24) is 20.0 Å². The Morgan fingerprint density at radius 2 is 2.00 bits per heavy atom. The lowest BCUT2D eigenvalue weighted by Gasteiger charge is -2.25. The molecular formula is C17H19ClN4O. The minimum atomic E-state index is 0.236. The van der Waals surface area contributed by atoms with Gasteiger partial charge in [-0.25, -0.2) is 4.68 Å². The van der Waals surface area contributed by atoms with E-state index < -0.39 is 0 Å². The van der Waals surface area contributed by atoms with Gasteiger partial charge in [0.2, 0.25) is 0 Å². The predicted molar refractivity (Wildman–Crippen MR) is 87.1 cm³/mol. The Hall–Kier alpha value is -1.75. The summed E-state index contributed by atoms with van der Waals surface area (Å²) in [5.41, 5.74) is 2.81. The first-order valence-electron chi connectivity index (χ1n) is 8.19. The highest BCUT2D eigenvalue weighted by atomic mass is 35.5. The molecule has 0 saturated heterocycles. The first-order valence-corrected chi connectivity index (χ1v) is 8.57. The number of rotatable bonds is 3. The Morgan fingerprint density at radius 1 is 1.22 bits per heavy atom. The molecule has 1 fully saturated rings. The van der Waals surface area contributed by atoms with E-state index in [2.05, 4.69) is 24.0 Å². The Labute approximate surface area is 140 Å². The van der Waals surface area contributed by atoms with Crippen LogP contribution in [0.2, 0.25) is 5.15 Å². The molecule has 5 nitrogen and oxygen atoms in total. The third-order valence-corrected chi connectivity index (χ3v) is 5.13. The van der Waals surface area contributed by atoms with Gasteiger partial charge in [-0.3, -0.25) is 4.79 Å². The van der Waals surface area contributed by atoms with Gasteiger partial charge in [-0.15, -0.1) is 10.2 Å². The molecule has 0 spiro atoms. The van der Waals surface area contributed by atoms with Crippen LogP contribution in [0, 0.1) is 11.8 Å². The van der Waals surface area contributed by atoms with Crippen LogP contribution in [0.1, 0.15) is 60.8 Å². The predicted octanol–water partition coefficient (Wildman–Crippen LogP) is 3.59. The fourth-order valence-electron chi connectivity index (χ4n) is 3.35. The lowest BCUT2D eigenvalue weighted by molar-refractivity contribution is 0.0931. The highest BCUT2D eigenvalue weighted by Gasteiger charge is 2.39. The summed E-state index contributed by atoms with van der Waals surface area (Å²) < 4.78 is 1.82. The quantitative estimate of drug-likeness (QED) is 0.862. The summed E-state index contributed by atoms with van der Waals surface area (Å²) in [6.45, 7) is 4.35. The zero-order valence-electron chi connectivity index (χ0n) is 13.3. The largest absolute Gasteiger partial charge is 0.294 e. The Morgan fingerprint density at radius 3 is 2.61 bits per heavy atom. The molecule has 6 heteroatoms. The van der Waals surface area contributed by atoms with Crippen LogP contribution in [0.15, 0.2) is 12.1 Å². The summed E-state index contributed by atoms with van der Waals surface area (Å²) in [4.78, 5) is 12.7. The van der Waals surface area contributed by atoms with Crippen LogP contribution in [0.3, 0.4) is 0 Å². The van der Waals surface area contributed by atoms with Crippen molar-refractivity contribution in [3.05, 3.63) is 34.2 Å². The molecule has 4 rings (SSSR count). The number of hydrogen-bond donors (Lipinski definition) is 0. The Balaban J connectivity index is 1.85. The van der Waals surface area contributed by atoms with E-state index in [-0.39, 0.29) is 5.78 Å². The van der Waals surface area contributed by atoms with E-state index in [1.807, 2.05) is 10.7 Å². The van der Waals surface area contributed by atoms with Gasteiger partial charge in [-0.05, 0) is 43.2 Å².